The number of hydrogen-bond donors (Lipinski definition) is 1. The molecule has 4 aromatic carbocycles. The summed E-state index contributed by atoms with van der Waals surface area (Å²) in [5.41, 5.74) is 13.9. The Balaban J connectivity index is 1.30. The molecule has 9 rings (SSSR count). The average Bonchev–Trinajstić information content (AvgIpc) is 3.48. The van der Waals surface area contributed by atoms with Crippen molar-refractivity contribution < 1.29 is 0 Å². The Morgan fingerprint density at radius 2 is 0.767 bits per heavy atom. The molecule has 1 N–H and O–H groups in total. The molecule has 4 aromatic heterocycles. The molecule has 0 saturated carbocycles. The second kappa shape index (κ2) is 9.33. The minimum atomic E-state index is 0.813. The summed E-state index contributed by atoms with van der Waals surface area (Å²) >= 11 is 0. The van der Waals surface area contributed by atoms with Gasteiger partial charge in [-0.05, 0) is 58.7 Å². The van der Waals surface area contributed by atoms with E-state index in [1.54, 1.807) is 0 Å². The number of benzene rings is 4. The third-order valence-electron chi connectivity index (χ3n) is 8.39. The Kier molecular flexibility index (Phi) is 5.16. The summed E-state index contributed by atoms with van der Waals surface area (Å²) in [7, 11) is 0. The van der Waals surface area contributed by atoms with Crippen LogP contribution in [0.25, 0.3) is 89.4 Å². The van der Waals surface area contributed by atoms with E-state index < -0.39 is 0 Å². The normalized spacial score (nSPS) is 11.7. The first-order valence-electron chi connectivity index (χ1n) is 14.5. The van der Waals surface area contributed by atoms with Gasteiger partial charge in [0, 0.05) is 21.9 Å². The van der Waals surface area contributed by atoms with Gasteiger partial charge in [-0.3, -0.25) is 0 Å². The topological polar surface area (TPSA) is 54.5 Å². The van der Waals surface area contributed by atoms with Crippen molar-refractivity contribution in [2.75, 3.05) is 0 Å². The highest BCUT2D eigenvalue weighted by molar-refractivity contribution is 6.15. The van der Waals surface area contributed by atoms with Crippen LogP contribution in [-0.4, -0.2) is 19.9 Å². The molecule has 0 aliphatic carbocycles. The Hall–Kier alpha value is -5.87. The maximum absolute atomic E-state index is 5.17. The van der Waals surface area contributed by atoms with E-state index in [9.17, 15) is 0 Å². The number of aromatic amines is 1. The van der Waals surface area contributed by atoms with Crippen LogP contribution in [0.5, 0.6) is 0 Å². The fourth-order valence-corrected chi connectivity index (χ4v) is 6.27. The molecule has 5 heterocycles. The number of fused-ring (bicyclic) bond motifs is 11. The predicted octanol–water partition coefficient (Wildman–Crippen LogP) is 9.82. The van der Waals surface area contributed by atoms with Gasteiger partial charge in [0.1, 0.15) is 0 Å². The van der Waals surface area contributed by atoms with Crippen molar-refractivity contribution in [1.29, 1.82) is 0 Å². The van der Waals surface area contributed by atoms with Crippen LogP contribution in [0.2, 0.25) is 0 Å². The molecule has 0 saturated heterocycles. The number of para-hydroxylation sites is 2. The van der Waals surface area contributed by atoms with Crippen molar-refractivity contribution in [2.45, 2.75) is 0 Å². The standard InChI is InChI=1S/C39H24N4/c1-2-8-24(9-3-1)25-18-20-26(21-19-25)27-22-36-34-16-6-14-32(40-34)30-12-4-10-28-29-11-5-13-31(39(29)43-38(28)30)33-15-7-17-35(41-33)37(23-27)42-36/h1-23,43H. The van der Waals surface area contributed by atoms with E-state index in [0.717, 1.165) is 67.5 Å². The predicted molar refractivity (Wildman–Crippen MR) is 175 cm³/mol. The van der Waals surface area contributed by atoms with E-state index in [1.165, 1.54) is 21.9 Å². The van der Waals surface area contributed by atoms with Crippen molar-refractivity contribution in [2.24, 2.45) is 0 Å². The number of rotatable bonds is 2. The quantitative estimate of drug-likeness (QED) is 0.234. The first-order chi connectivity index (χ1) is 21.3. The number of hydrogen-bond acceptors (Lipinski definition) is 3. The summed E-state index contributed by atoms with van der Waals surface area (Å²) in [6.07, 6.45) is 0. The summed E-state index contributed by atoms with van der Waals surface area (Å²) in [5.74, 6) is 0. The van der Waals surface area contributed by atoms with Gasteiger partial charge in [-0.25, -0.2) is 15.0 Å². The van der Waals surface area contributed by atoms with Crippen molar-refractivity contribution in [3.63, 3.8) is 0 Å². The Morgan fingerprint density at radius 3 is 1.33 bits per heavy atom. The number of nitrogens with zero attached hydrogens (tertiary/aromatic N) is 3. The van der Waals surface area contributed by atoms with Crippen LogP contribution < -0.4 is 0 Å². The van der Waals surface area contributed by atoms with E-state index in [4.69, 9.17) is 15.0 Å². The van der Waals surface area contributed by atoms with Gasteiger partial charge in [0.15, 0.2) is 0 Å². The third kappa shape index (κ3) is 3.88. The molecule has 1 aliphatic rings. The molecule has 0 radical (unpaired) electrons. The van der Waals surface area contributed by atoms with Crippen molar-refractivity contribution in [3.8, 4) is 67.5 Å². The molecular formula is C39H24N4. The molecule has 8 bridgehead atoms. The Labute approximate surface area is 248 Å². The second-order valence-electron chi connectivity index (χ2n) is 11.0. The van der Waals surface area contributed by atoms with Gasteiger partial charge in [0.25, 0.3) is 0 Å². The van der Waals surface area contributed by atoms with E-state index in [1.807, 2.05) is 18.2 Å². The Bertz CT molecular complexity index is 2210. The largest absolute Gasteiger partial charge is 0.353 e. The van der Waals surface area contributed by atoms with Gasteiger partial charge >= 0.3 is 0 Å². The van der Waals surface area contributed by atoms with Gasteiger partial charge in [-0.1, -0.05) is 103 Å². The maximum Gasteiger partial charge on any atom is 0.0900 e. The van der Waals surface area contributed by atoms with Crippen LogP contribution in [0.4, 0.5) is 0 Å². The Morgan fingerprint density at radius 1 is 0.326 bits per heavy atom. The molecular weight excluding hydrogens is 524 g/mol. The first kappa shape index (κ1) is 23.8. The van der Waals surface area contributed by atoms with Crippen LogP contribution in [0.3, 0.4) is 0 Å². The van der Waals surface area contributed by atoms with Gasteiger partial charge in [-0.2, -0.15) is 0 Å². The van der Waals surface area contributed by atoms with Gasteiger partial charge in [-0.15, -0.1) is 0 Å². The number of pyridine rings is 3. The highest BCUT2D eigenvalue weighted by atomic mass is 14.8. The molecule has 0 amide bonds. The monoisotopic (exact) mass is 548 g/mol. The highest BCUT2D eigenvalue weighted by Crippen LogP contribution is 2.38. The lowest BCUT2D eigenvalue weighted by molar-refractivity contribution is 1.22. The van der Waals surface area contributed by atoms with Crippen LogP contribution >= 0.6 is 0 Å². The summed E-state index contributed by atoms with van der Waals surface area (Å²) in [4.78, 5) is 19.2. The summed E-state index contributed by atoms with van der Waals surface area (Å²) < 4.78 is 0. The van der Waals surface area contributed by atoms with Gasteiger partial charge in [0.05, 0.1) is 45.2 Å². The highest BCUT2D eigenvalue weighted by Gasteiger charge is 2.18. The molecule has 8 aromatic rings. The molecule has 0 spiro atoms. The van der Waals surface area contributed by atoms with Crippen molar-refractivity contribution in [3.05, 3.63) is 140 Å². The zero-order chi connectivity index (χ0) is 28.3. The van der Waals surface area contributed by atoms with Crippen LogP contribution in [-0.2, 0) is 0 Å². The lowest BCUT2D eigenvalue weighted by Crippen LogP contribution is -1.97. The van der Waals surface area contributed by atoms with E-state index >= 15 is 0 Å². The first-order valence-corrected chi connectivity index (χ1v) is 14.5. The molecule has 4 heteroatoms. The lowest BCUT2D eigenvalue weighted by Gasteiger charge is -2.12. The fourth-order valence-electron chi connectivity index (χ4n) is 6.27. The van der Waals surface area contributed by atoms with E-state index in [2.05, 4.69) is 126 Å². The van der Waals surface area contributed by atoms with Crippen LogP contribution in [0.1, 0.15) is 0 Å². The molecule has 4 nitrogen and oxygen atoms in total. The third-order valence-corrected chi connectivity index (χ3v) is 8.39. The van der Waals surface area contributed by atoms with Gasteiger partial charge < -0.3 is 4.98 Å². The van der Waals surface area contributed by atoms with Crippen LogP contribution in [0, 0.1) is 0 Å². The van der Waals surface area contributed by atoms with Crippen LogP contribution in [0.15, 0.2) is 140 Å². The van der Waals surface area contributed by atoms with E-state index in [0.29, 0.717) is 0 Å². The maximum atomic E-state index is 5.17. The number of aromatic nitrogens is 4. The molecule has 0 unspecified atom stereocenters. The van der Waals surface area contributed by atoms with Crippen molar-refractivity contribution in [1.82, 2.24) is 19.9 Å². The summed E-state index contributed by atoms with van der Waals surface area (Å²) in [5, 5.41) is 2.35. The average molecular weight is 549 g/mol. The fraction of sp³-hybridized carbons (Fsp3) is 0. The molecule has 0 fully saturated rings. The van der Waals surface area contributed by atoms with Gasteiger partial charge in [0.2, 0.25) is 0 Å². The number of nitrogens with one attached hydrogen (secondary N) is 1. The molecule has 0 atom stereocenters. The minimum Gasteiger partial charge on any atom is -0.353 e. The number of H-pyrrole nitrogens is 1. The van der Waals surface area contributed by atoms with E-state index in [-0.39, 0.29) is 0 Å². The zero-order valence-corrected chi connectivity index (χ0v) is 23.1. The second-order valence-corrected chi connectivity index (χ2v) is 11.0. The van der Waals surface area contributed by atoms with Crippen molar-refractivity contribution >= 4 is 21.8 Å². The molecule has 43 heavy (non-hydrogen) atoms. The lowest BCUT2D eigenvalue weighted by atomic mass is 9.99. The summed E-state index contributed by atoms with van der Waals surface area (Å²) in [6.45, 7) is 0. The smallest absolute Gasteiger partial charge is 0.0900 e. The SMILES string of the molecule is c1ccc(-c2ccc(-c3cc4nc(c3)-c3cccc(n3)-c3cccc5c3[nH]c3c(cccc35)-c3cccc-4n3)cc2)cc1. The minimum absolute atomic E-state index is 0.813. The zero-order valence-electron chi connectivity index (χ0n) is 23.1. The molecule has 1 aliphatic heterocycles. The summed E-state index contributed by atoms with van der Waals surface area (Å²) in [6, 6.07) is 48.7. The molecule has 200 valence electrons.